The highest BCUT2D eigenvalue weighted by Gasteiger charge is 2.29. The molecule has 0 unspecified atom stereocenters. The van der Waals surface area contributed by atoms with Crippen molar-refractivity contribution in [2.45, 2.75) is 45.1 Å². The first-order valence-electron chi connectivity index (χ1n) is 6.23. The van der Waals surface area contributed by atoms with E-state index in [1.54, 1.807) is 12.1 Å². The molecule has 0 bridgehead atoms. The summed E-state index contributed by atoms with van der Waals surface area (Å²) in [6.45, 7) is 0.983. The van der Waals surface area contributed by atoms with Crippen LogP contribution in [0.2, 0.25) is 0 Å². The van der Waals surface area contributed by atoms with Crippen molar-refractivity contribution in [3.8, 4) is 5.75 Å². The van der Waals surface area contributed by atoms with Crippen LogP contribution in [0.15, 0.2) is 17.1 Å². The van der Waals surface area contributed by atoms with E-state index >= 15 is 0 Å². The van der Waals surface area contributed by atoms with Crippen molar-refractivity contribution in [1.29, 1.82) is 0 Å². The predicted octanol–water partition coefficient (Wildman–Crippen LogP) is 4.26. The number of isocyanates is 1. The lowest BCUT2D eigenvalue weighted by molar-refractivity contribution is -0.0499. The van der Waals surface area contributed by atoms with Crippen LogP contribution in [0.25, 0.3) is 0 Å². The molecule has 1 saturated carbocycles. The molecule has 0 radical (unpaired) electrons. The average molecular weight is 267 g/mol. The van der Waals surface area contributed by atoms with Crippen LogP contribution in [0.4, 0.5) is 14.5 Å². The van der Waals surface area contributed by atoms with Crippen molar-refractivity contribution in [3.63, 3.8) is 0 Å². The van der Waals surface area contributed by atoms with Gasteiger partial charge in [-0.2, -0.15) is 13.8 Å². The Bertz CT molecular complexity index is 495. The number of hydrogen-bond donors (Lipinski definition) is 0. The Labute approximate surface area is 110 Å². The maximum atomic E-state index is 12.3. The van der Waals surface area contributed by atoms with Crippen molar-refractivity contribution in [3.05, 3.63) is 23.3 Å². The number of rotatable bonds is 5. The Morgan fingerprint density at radius 3 is 2.53 bits per heavy atom. The van der Waals surface area contributed by atoms with Gasteiger partial charge in [0.25, 0.3) is 0 Å². The molecule has 1 aromatic rings. The molecule has 0 N–H and O–H groups in total. The lowest BCUT2D eigenvalue weighted by Crippen LogP contribution is -2.04. The minimum atomic E-state index is -2.85. The molecule has 102 valence electrons. The van der Waals surface area contributed by atoms with Gasteiger partial charge in [-0.3, -0.25) is 0 Å². The zero-order chi connectivity index (χ0) is 14.0. The number of ether oxygens (including phenoxy) is 1. The summed E-state index contributed by atoms with van der Waals surface area (Å²) in [5, 5.41) is 0. The van der Waals surface area contributed by atoms with Gasteiger partial charge in [-0.15, -0.1) is 0 Å². The second kappa shape index (κ2) is 5.49. The van der Waals surface area contributed by atoms with Gasteiger partial charge in [-0.05, 0) is 47.9 Å². The largest absolute Gasteiger partial charge is 0.435 e. The number of carbonyl (C=O) groups excluding carboxylic acids is 1. The first kappa shape index (κ1) is 13.7. The van der Waals surface area contributed by atoms with Crippen molar-refractivity contribution in [2.75, 3.05) is 0 Å². The molecule has 0 aliphatic heterocycles. The molecule has 1 fully saturated rings. The summed E-state index contributed by atoms with van der Waals surface area (Å²) in [4.78, 5) is 14.3. The highest BCUT2D eigenvalue weighted by atomic mass is 19.3. The van der Waals surface area contributed by atoms with Crippen LogP contribution in [0, 0.1) is 0 Å². The number of hydrogen-bond acceptors (Lipinski definition) is 3. The minimum Gasteiger partial charge on any atom is -0.435 e. The summed E-state index contributed by atoms with van der Waals surface area (Å²) in [5.41, 5.74) is 2.11. The van der Waals surface area contributed by atoms with E-state index in [4.69, 9.17) is 0 Å². The summed E-state index contributed by atoms with van der Waals surface area (Å²) >= 11 is 0. The third-order valence-electron chi connectivity index (χ3n) is 3.16. The predicted molar refractivity (Wildman–Crippen MR) is 66.9 cm³/mol. The van der Waals surface area contributed by atoms with Crippen LogP contribution in [-0.2, 0) is 4.79 Å². The van der Waals surface area contributed by atoms with Gasteiger partial charge in [-0.25, -0.2) is 4.79 Å². The van der Waals surface area contributed by atoms with Gasteiger partial charge in [-0.1, -0.05) is 13.8 Å². The average Bonchev–Trinajstić information content (AvgIpc) is 3.13. The second-order valence-electron chi connectivity index (χ2n) is 4.96. The molecule has 19 heavy (non-hydrogen) atoms. The lowest BCUT2D eigenvalue weighted by Gasteiger charge is -2.15. The van der Waals surface area contributed by atoms with Gasteiger partial charge < -0.3 is 4.74 Å². The van der Waals surface area contributed by atoms with Gasteiger partial charge in [0.15, 0.2) is 0 Å². The number of benzene rings is 1. The molecule has 1 aromatic carbocycles. The normalized spacial score (nSPS) is 14.6. The summed E-state index contributed by atoms with van der Waals surface area (Å²) < 4.78 is 29.2. The SMILES string of the molecule is CC(C)c1cc(OC(F)F)cc(C2CC2)c1N=C=O. The van der Waals surface area contributed by atoms with Crippen LogP contribution in [0.1, 0.15) is 49.7 Å². The maximum absolute atomic E-state index is 12.3. The lowest BCUT2D eigenvalue weighted by atomic mass is 9.95. The fourth-order valence-electron chi connectivity index (χ4n) is 2.14. The highest BCUT2D eigenvalue weighted by molar-refractivity contribution is 5.64. The van der Waals surface area contributed by atoms with Gasteiger partial charge in [0.05, 0.1) is 5.69 Å². The van der Waals surface area contributed by atoms with E-state index in [0.29, 0.717) is 5.69 Å². The summed E-state index contributed by atoms with van der Waals surface area (Å²) in [6.07, 6.45) is 3.51. The molecule has 3 nitrogen and oxygen atoms in total. The Kier molecular flexibility index (Phi) is 3.96. The van der Waals surface area contributed by atoms with Crippen LogP contribution >= 0.6 is 0 Å². The molecule has 0 atom stereocenters. The van der Waals surface area contributed by atoms with E-state index in [1.165, 1.54) is 6.07 Å². The Morgan fingerprint density at radius 1 is 1.37 bits per heavy atom. The molecule has 5 heteroatoms. The topological polar surface area (TPSA) is 38.7 Å². The van der Waals surface area contributed by atoms with Crippen molar-refractivity contribution >= 4 is 11.8 Å². The molecule has 1 aliphatic carbocycles. The first-order valence-corrected chi connectivity index (χ1v) is 6.23. The molecule has 1 aliphatic rings. The molecule has 0 aromatic heterocycles. The van der Waals surface area contributed by atoms with Gasteiger partial charge in [0.1, 0.15) is 5.75 Å². The fourth-order valence-corrected chi connectivity index (χ4v) is 2.14. The molecule has 0 saturated heterocycles. The molecular weight excluding hydrogens is 252 g/mol. The summed E-state index contributed by atoms with van der Waals surface area (Å²) in [5.74, 6) is 0.474. The Morgan fingerprint density at radius 2 is 2.05 bits per heavy atom. The second-order valence-corrected chi connectivity index (χ2v) is 4.96. The molecule has 0 amide bonds. The Balaban J connectivity index is 2.53. The van der Waals surface area contributed by atoms with Crippen LogP contribution < -0.4 is 4.74 Å². The number of nitrogens with zero attached hydrogens (tertiary/aromatic N) is 1. The Hall–Kier alpha value is -1.74. The quantitative estimate of drug-likeness (QED) is 0.590. The van der Waals surface area contributed by atoms with Crippen molar-refractivity contribution < 1.29 is 18.3 Å². The number of alkyl halides is 2. The van der Waals surface area contributed by atoms with E-state index < -0.39 is 6.61 Å². The first-order chi connectivity index (χ1) is 9.02. The molecule has 0 spiro atoms. The maximum Gasteiger partial charge on any atom is 0.387 e. The van der Waals surface area contributed by atoms with Crippen molar-refractivity contribution in [1.82, 2.24) is 0 Å². The van der Waals surface area contributed by atoms with E-state index in [0.717, 1.165) is 24.0 Å². The number of halogens is 2. The summed E-state index contributed by atoms with van der Waals surface area (Å²) in [6, 6.07) is 3.09. The third kappa shape index (κ3) is 3.18. The fraction of sp³-hybridized carbons (Fsp3) is 0.500. The van der Waals surface area contributed by atoms with E-state index in [9.17, 15) is 13.6 Å². The van der Waals surface area contributed by atoms with E-state index in [1.807, 2.05) is 13.8 Å². The smallest absolute Gasteiger partial charge is 0.387 e. The third-order valence-corrected chi connectivity index (χ3v) is 3.16. The highest BCUT2D eigenvalue weighted by Crippen LogP contribution is 2.48. The van der Waals surface area contributed by atoms with Crippen LogP contribution in [-0.4, -0.2) is 12.7 Å². The van der Waals surface area contributed by atoms with Gasteiger partial charge in [0, 0.05) is 0 Å². The van der Waals surface area contributed by atoms with Crippen LogP contribution in [0.3, 0.4) is 0 Å². The molecular formula is C14H15F2NO2. The number of aliphatic imine (C=N–C) groups is 1. The molecule has 0 heterocycles. The zero-order valence-corrected chi connectivity index (χ0v) is 10.8. The minimum absolute atomic E-state index is 0.0609. The zero-order valence-electron chi connectivity index (χ0n) is 10.8. The van der Waals surface area contributed by atoms with E-state index in [-0.39, 0.29) is 17.6 Å². The monoisotopic (exact) mass is 267 g/mol. The van der Waals surface area contributed by atoms with Gasteiger partial charge in [0.2, 0.25) is 6.08 Å². The van der Waals surface area contributed by atoms with Crippen molar-refractivity contribution in [2.24, 2.45) is 4.99 Å². The molecule has 2 rings (SSSR count). The van der Waals surface area contributed by atoms with Crippen LogP contribution in [0.5, 0.6) is 5.75 Å². The van der Waals surface area contributed by atoms with E-state index in [2.05, 4.69) is 9.73 Å². The summed E-state index contributed by atoms with van der Waals surface area (Å²) in [7, 11) is 0. The van der Waals surface area contributed by atoms with Gasteiger partial charge >= 0.3 is 6.61 Å². The standard InChI is InChI=1S/C14H15F2NO2/c1-8(2)11-5-10(19-14(15)16)6-12(9-3-4-9)13(11)17-7-18/h5-6,8-9,14H,3-4H2,1-2H3.